The number of carbonyl (C=O) groups excluding carboxylic acids is 2. The van der Waals surface area contributed by atoms with Crippen molar-refractivity contribution in [2.24, 2.45) is 0 Å². The minimum atomic E-state index is -4.08. The van der Waals surface area contributed by atoms with Gasteiger partial charge in [-0.25, -0.2) is 4.79 Å². The van der Waals surface area contributed by atoms with Crippen LogP contribution >= 0.6 is 0 Å². The Balaban J connectivity index is 1.58. The van der Waals surface area contributed by atoms with Crippen molar-refractivity contribution in [3.8, 4) is 11.5 Å². The molecule has 0 bridgehead atoms. The lowest BCUT2D eigenvalue weighted by Gasteiger charge is -2.39. The summed E-state index contributed by atoms with van der Waals surface area (Å²) in [5, 5.41) is 44.2. The lowest BCUT2D eigenvalue weighted by Crippen LogP contribution is -2.60. The van der Waals surface area contributed by atoms with E-state index >= 15 is 0 Å². The van der Waals surface area contributed by atoms with E-state index in [2.05, 4.69) is 10.6 Å². The highest BCUT2D eigenvalue weighted by molar-refractivity contribution is 7.86. The molecule has 0 saturated carbocycles. The third-order valence-electron chi connectivity index (χ3n) is 6.21. The van der Waals surface area contributed by atoms with Crippen LogP contribution in [0.15, 0.2) is 48.5 Å². The molecule has 1 fully saturated rings. The lowest BCUT2D eigenvalue weighted by atomic mass is 9.99. The van der Waals surface area contributed by atoms with E-state index in [4.69, 9.17) is 18.4 Å². The number of nitrogens with one attached hydrogen (secondary N) is 2. The third-order valence-corrected chi connectivity index (χ3v) is 7.34. The quantitative estimate of drug-likeness (QED) is 0.182. The summed E-state index contributed by atoms with van der Waals surface area (Å²) in [6, 6.07) is 10.8. The smallest absolute Gasteiger partial charge is 0.408 e. The predicted octanol–water partition coefficient (Wildman–Crippen LogP) is -0.0441. The second-order valence-electron chi connectivity index (χ2n) is 10.9. The molecule has 0 aromatic heterocycles. The van der Waals surface area contributed by atoms with Gasteiger partial charge in [0.05, 0.1) is 6.61 Å². The number of ether oxygens (including phenoxy) is 3. The lowest BCUT2D eigenvalue weighted by molar-refractivity contribution is -0.277. The average molecular weight is 627 g/mol. The standard InChI is InChI=1S/C28H38N2O12S/c1-28(2,3)41-27(36)30-20(25(35)29-4)13-16-5-11-19(12-6-16)42-43(37,38)15-17-7-9-18(10-8-17)39-26-24(34)23(33)22(32)21(14-31)40-26/h5-12,20-24,26,31-34H,13-15H2,1-4H3,(H,29,35)(H,30,36)/t20-,21+,22-,23-,24+,26+/m0/s1. The predicted molar refractivity (Wildman–Crippen MR) is 151 cm³/mol. The van der Waals surface area contributed by atoms with Crippen LogP contribution in [0.3, 0.4) is 0 Å². The van der Waals surface area contributed by atoms with Gasteiger partial charge in [0.2, 0.25) is 12.2 Å². The minimum absolute atomic E-state index is 0.0444. The fourth-order valence-corrected chi connectivity index (χ4v) is 5.16. The van der Waals surface area contributed by atoms with E-state index < -0.39 is 76.8 Å². The number of rotatable bonds is 11. The van der Waals surface area contributed by atoms with E-state index in [9.17, 15) is 38.4 Å². The molecule has 6 atom stereocenters. The molecule has 0 aliphatic carbocycles. The molecule has 14 nitrogen and oxygen atoms in total. The van der Waals surface area contributed by atoms with Crippen LogP contribution < -0.4 is 19.6 Å². The number of aliphatic hydroxyl groups is 4. The Bertz CT molecular complexity index is 1330. The van der Waals surface area contributed by atoms with Gasteiger partial charge in [0.1, 0.15) is 53.3 Å². The van der Waals surface area contributed by atoms with Crippen LogP contribution in [0.1, 0.15) is 31.9 Å². The van der Waals surface area contributed by atoms with Gasteiger partial charge in [-0.2, -0.15) is 8.42 Å². The van der Waals surface area contributed by atoms with Crippen LogP contribution in [0, 0.1) is 0 Å². The molecular weight excluding hydrogens is 588 g/mol. The second-order valence-corrected chi connectivity index (χ2v) is 12.5. The monoisotopic (exact) mass is 626 g/mol. The molecule has 0 unspecified atom stereocenters. The van der Waals surface area contributed by atoms with E-state index in [1.54, 1.807) is 32.9 Å². The van der Waals surface area contributed by atoms with Gasteiger partial charge in [-0.1, -0.05) is 24.3 Å². The topological polar surface area (TPSA) is 210 Å². The normalized spacial score (nSPS) is 23.1. The summed E-state index contributed by atoms with van der Waals surface area (Å²) in [7, 11) is -2.64. The number of likely N-dealkylation sites (N-methyl/N-ethyl adjacent to an activating group) is 1. The van der Waals surface area contributed by atoms with Gasteiger partial charge in [0.25, 0.3) is 0 Å². The zero-order valence-electron chi connectivity index (χ0n) is 24.2. The maximum atomic E-state index is 12.7. The number of amides is 2. The highest BCUT2D eigenvalue weighted by Crippen LogP contribution is 2.25. The zero-order valence-corrected chi connectivity index (χ0v) is 25.0. The Morgan fingerprint density at radius 3 is 2.07 bits per heavy atom. The molecule has 2 aromatic rings. The summed E-state index contributed by atoms with van der Waals surface area (Å²) in [6.07, 6.45) is -7.86. The van der Waals surface area contributed by atoms with Crippen molar-refractivity contribution >= 4 is 22.1 Å². The Morgan fingerprint density at radius 1 is 0.930 bits per heavy atom. The fraction of sp³-hybridized carbons (Fsp3) is 0.500. The number of aliphatic hydroxyl groups excluding tert-OH is 4. The van der Waals surface area contributed by atoms with Crippen LogP contribution in [0.4, 0.5) is 4.79 Å². The number of hydrogen-bond donors (Lipinski definition) is 6. The molecule has 43 heavy (non-hydrogen) atoms. The molecule has 1 aliphatic rings. The molecular formula is C28H38N2O12S. The van der Waals surface area contributed by atoms with E-state index in [1.807, 2.05) is 0 Å². The molecule has 2 amide bonds. The van der Waals surface area contributed by atoms with Crippen LogP contribution in [0.5, 0.6) is 11.5 Å². The molecule has 1 heterocycles. The van der Waals surface area contributed by atoms with Gasteiger partial charge in [-0.05, 0) is 56.2 Å². The van der Waals surface area contributed by atoms with Crippen molar-refractivity contribution in [2.45, 2.75) is 75.3 Å². The largest absolute Gasteiger partial charge is 0.462 e. The summed E-state index contributed by atoms with van der Waals surface area (Å²) in [5.74, 6) is -0.687. The molecule has 0 spiro atoms. The van der Waals surface area contributed by atoms with Crippen LogP contribution in [-0.2, 0) is 36.6 Å². The summed E-state index contributed by atoms with van der Waals surface area (Å²) >= 11 is 0. The van der Waals surface area contributed by atoms with E-state index in [0.717, 1.165) is 0 Å². The van der Waals surface area contributed by atoms with Gasteiger partial charge in [-0.15, -0.1) is 0 Å². The van der Waals surface area contributed by atoms with Crippen molar-refractivity contribution in [1.82, 2.24) is 10.6 Å². The zero-order chi connectivity index (χ0) is 31.9. The van der Waals surface area contributed by atoms with Gasteiger partial charge in [-0.3, -0.25) is 4.79 Å². The molecule has 6 N–H and O–H groups in total. The first-order chi connectivity index (χ1) is 20.1. The Morgan fingerprint density at radius 2 is 1.51 bits per heavy atom. The highest BCUT2D eigenvalue weighted by Gasteiger charge is 2.44. The van der Waals surface area contributed by atoms with Crippen molar-refractivity contribution in [1.29, 1.82) is 0 Å². The van der Waals surface area contributed by atoms with E-state index in [-0.39, 0.29) is 17.9 Å². The maximum Gasteiger partial charge on any atom is 0.408 e. The van der Waals surface area contributed by atoms with E-state index in [0.29, 0.717) is 11.1 Å². The summed E-state index contributed by atoms with van der Waals surface area (Å²) in [4.78, 5) is 24.5. The van der Waals surface area contributed by atoms with Crippen LogP contribution in [0.25, 0.3) is 0 Å². The second kappa shape index (κ2) is 14.3. The molecule has 1 aliphatic heterocycles. The SMILES string of the molecule is CNC(=O)[C@H](Cc1ccc(OS(=O)(=O)Cc2ccc(O[C@@H]3O[C@H](CO)[C@H](O)[C@H](O)[C@H]3O)cc2)cc1)NC(=O)OC(C)(C)C. The molecule has 238 valence electrons. The highest BCUT2D eigenvalue weighted by atomic mass is 32.2. The third kappa shape index (κ3) is 10.0. The number of hydrogen-bond acceptors (Lipinski definition) is 12. The first kappa shape index (κ1) is 34.0. The van der Waals surface area contributed by atoms with Crippen LogP contribution in [0.2, 0.25) is 0 Å². The molecule has 1 saturated heterocycles. The van der Waals surface area contributed by atoms with Crippen molar-refractivity contribution < 1.29 is 56.8 Å². The van der Waals surface area contributed by atoms with E-state index in [1.165, 1.54) is 43.4 Å². The Hall–Kier alpha value is -3.47. The summed E-state index contributed by atoms with van der Waals surface area (Å²) in [5.41, 5.74) is 0.245. The number of carbonyl (C=O) groups is 2. The maximum absolute atomic E-state index is 12.7. The Kier molecular flexibility index (Phi) is 11.3. The molecule has 15 heteroatoms. The van der Waals surface area contributed by atoms with Crippen LogP contribution in [-0.4, -0.2) is 96.8 Å². The molecule has 0 radical (unpaired) electrons. The average Bonchev–Trinajstić information content (AvgIpc) is 2.93. The Labute approximate surface area is 249 Å². The van der Waals surface area contributed by atoms with Crippen molar-refractivity contribution in [2.75, 3.05) is 13.7 Å². The van der Waals surface area contributed by atoms with Gasteiger partial charge < -0.3 is 49.5 Å². The van der Waals surface area contributed by atoms with Gasteiger partial charge in [0, 0.05) is 13.5 Å². The number of benzene rings is 2. The molecule has 2 aromatic carbocycles. The van der Waals surface area contributed by atoms with Gasteiger partial charge in [0.15, 0.2) is 0 Å². The number of alkyl carbamates (subject to hydrolysis) is 1. The van der Waals surface area contributed by atoms with Crippen molar-refractivity contribution in [3.05, 3.63) is 59.7 Å². The minimum Gasteiger partial charge on any atom is -0.462 e. The fourth-order valence-electron chi connectivity index (χ4n) is 4.09. The summed E-state index contributed by atoms with van der Waals surface area (Å²) in [6.45, 7) is 4.50. The summed E-state index contributed by atoms with van der Waals surface area (Å²) < 4.78 is 46.6. The molecule has 3 rings (SSSR count). The van der Waals surface area contributed by atoms with Gasteiger partial charge >= 0.3 is 16.2 Å². The first-order valence-electron chi connectivity index (χ1n) is 13.4. The van der Waals surface area contributed by atoms with Crippen molar-refractivity contribution in [3.63, 3.8) is 0 Å². The first-order valence-corrected chi connectivity index (χ1v) is 15.0.